The van der Waals surface area contributed by atoms with Gasteiger partial charge in [0.1, 0.15) is 11.3 Å². The molecule has 2 aromatic rings. The fourth-order valence-corrected chi connectivity index (χ4v) is 2.52. The lowest BCUT2D eigenvalue weighted by atomic mass is 9.92. The van der Waals surface area contributed by atoms with Crippen molar-refractivity contribution >= 4 is 22.9 Å². The Morgan fingerprint density at radius 2 is 1.78 bits per heavy atom. The third-order valence-electron chi connectivity index (χ3n) is 3.28. The monoisotopic (exact) mass is 323 g/mol. The lowest BCUT2D eigenvalue weighted by Gasteiger charge is -2.25. The van der Waals surface area contributed by atoms with Crippen LogP contribution in [0.1, 0.15) is 48.0 Å². The molecule has 4 nitrogen and oxygen atoms in total. The van der Waals surface area contributed by atoms with Crippen LogP contribution in [0.25, 0.3) is 11.0 Å². The molecule has 0 saturated carbocycles. The smallest absolute Gasteiger partial charge is 0.227 e. The van der Waals surface area contributed by atoms with E-state index in [0.717, 1.165) is 6.07 Å². The Balaban J connectivity index is 2.55. The number of hydrogen-bond donors (Lipinski definition) is 1. The zero-order valence-electron chi connectivity index (χ0n) is 14.4. The van der Waals surface area contributed by atoms with E-state index >= 15 is 0 Å². The first-order valence-corrected chi connectivity index (χ1v) is 7.56. The van der Waals surface area contributed by atoms with E-state index in [1.54, 1.807) is 4.57 Å². The van der Waals surface area contributed by atoms with Crippen molar-refractivity contribution < 1.29 is 13.6 Å². The summed E-state index contributed by atoms with van der Waals surface area (Å²) in [5.41, 5.74) is -0.342. The van der Waals surface area contributed by atoms with Gasteiger partial charge in [0.25, 0.3) is 0 Å². The van der Waals surface area contributed by atoms with Crippen LogP contribution >= 0.6 is 0 Å². The number of aromatic nitrogens is 2. The Morgan fingerprint density at radius 1 is 1.17 bits per heavy atom. The van der Waals surface area contributed by atoms with Gasteiger partial charge >= 0.3 is 0 Å². The Kier molecular flexibility index (Phi) is 4.22. The third kappa shape index (κ3) is 3.86. The number of hydrogen-bond acceptors (Lipinski definition) is 2. The molecule has 0 saturated heterocycles. The van der Waals surface area contributed by atoms with Gasteiger partial charge in [-0.2, -0.15) is 0 Å². The summed E-state index contributed by atoms with van der Waals surface area (Å²) in [7, 11) is 0. The minimum Gasteiger partial charge on any atom is -0.302 e. The molecule has 1 aromatic carbocycles. The maximum absolute atomic E-state index is 14.2. The van der Waals surface area contributed by atoms with Gasteiger partial charge in [-0.1, -0.05) is 20.8 Å². The molecule has 0 aliphatic carbocycles. The first kappa shape index (κ1) is 17.4. The molecule has 0 fully saturated rings. The van der Waals surface area contributed by atoms with Gasteiger partial charge in [-0.05, 0) is 26.2 Å². The third-order valence-corrected chi connectivity index (χ3v) is 3.28. The van der Waals surface area contributed by atoms with E-state index in [9.17, 15) is 13.6 Å². The van der Waals surface area contributed by atoms with Gasteiger partial charge in [-0.3, -0.25) is 10.1 Å². The highest BCUT2D eigenvalue weighted by Crippen LogP contribution is 2.31. The summed E-state index contributed by atoms with van der Waals surface area (Å²) in [6.07, 6.45) is 0.303. The first-order chi connectivity index (χ1) is 10.4. The van der Waals surface area contributed by atoms with Gasteiger partial charge in [0.15, 0.2) is 5.82 Å². The van der Waals surface area contributed by atoms with E-state index in [0.29, 0.717) is 6.42 Å². The molecule has 6 heteroatoms. The lowest BCUT2D eigenvalue weighted by molar-refractivity contribution is -0.117. The predicted octanol–water partition coefficient (Wildman–Crippen LogP) is 4.44. The van der Waals surface area contributed by atoms with Crippen LogP contribution in [0.15, 0.2) is 12.1 Å². The highest BCUT2D eigenvalue weighted by atomic mass is 19.1. The van der Waals surface area contributed by atoms with Crippen molar-refractivity contribution in [3.63, 3.8) is 0 Å². The summed E-state index contributed by atoms with van der Waals surface area (Å²) in [6, 6.07) is 1.99. The molecular weight excluding hydrogens is 300 g/mol. The van der Waals surface area contributed by atoms with Crippen LogP contribution in [0.2, 0.25) is 0 Å². The molecule has 1 amide bonds. The highest BCUT2D eigenvalue weighted by molar-refractivity contribution is 5.92. The average molecular weight is 323 g/mol. The van der Waals surface area contributed by atoms with Gasteiger partial charge in [0.2, 0.25) is 11.9 Å². The highest BCUT2D eigenvalue weighted by Gasteiger charge is 2.26. The van der Waals surface area contributed by atoms with Gasteiger partial charge in [0.05, 0.1) is 5.52 Å². The molecule has 0 spiro atoms. The van der Waals surface area contributed by atoms with Gasteiger partial charge in [-0.25, -0.2) is 13.8 Å². The molecule has 126 valence electrons. The number of carbonyl (C=O) groups excluding carboxylic acids is 1. The Bertz CT molecular complexity index is 752. The van der Waals surface area contributed by atoms with E-state index in [1.807, 2.05) is 41.5 Å². The van der Waals surface area contributed by atoms with Gasteiger partial charge < -0.3 is 4.57 Å². The van der Waals surface area contributed by atoms with Crippen molar-refractivity contribution in [2.75, 3.05) is 5.32 Å². The zero-order valence-corrected chi connectivity index (χ0v) is 14.4. The van der Waals surface area contributed by atoms with Crippen molar-refractivity contribution in [2.45, 2.75) is 53.5 Å². The van der Waals surface area contributed by atoms with Crippen molar-refractivity contribution in [3.8, 4) is 0 Å². The summed E-state index contributed by atoms with van der Waals surface area (Å²) < 4.78 is 29.3. The minimum atomic E-state index is -0.696. The van der Waals surface area contributed by atoms with E-state index in [-0.39, 0.29) is 28.3 Å². The topological polar surface area (TPSA) is 46.9 Å². The molecule has 1 N–H and O–H groups in total. The van der Waals surface area contributed by atoms with Crippen LogP contribution in [0.4, 0.5) is 14.7 Å². The van der Waals surface area contributed by atoms with Gasteiger partial charge in [0, 0.05) is 24.1 Å². The Morgan fingerprint density at radius 3 is 2.30 bits per heavy atom. The van der Waals surface area contributed by atoms with Crippen molar-refractivity contribution in [3.05, 3.63) is 23.8 Å². The second kappa shape index (κ2) is 5.58. The van der Waals surface area contributed by atoms with Crippen LogP contribution in [0.3, 0.4) is 0 Å². The van der Waals surface area contributed by atoms with Crippen LogP contribution < -0.4 is 5.32 Å². The maximum atomic E-state index is 14.2. The van der Waals surface area contributed by atoms with Crippen LogP contribution in [0.5, 0.6) is 0 Å². The van der Waals surface area contributed by atoms with E-state index in [2.05, 4.69) is 10.3 Å². The number of rotatable bonds is 2. The summed E-state index contributed by atoms with van der Waals surface area (Å²) in [5.74, 6) is -1.37. The van der Waals surface area contributed by atoms with Crippen LogP contribution in [0, 0.1) is 17.0 Å². The Hall–Kier alpha value is -1.98. The molecule has 0 bridgehead atoms. The minimum absolute atomic E-state index is 0.181. The molecule has 0 aliphatic heterocycles. The maximum Gasteiger partial charge on any atom is 0.227 e. The van der Waals surface area contributed by atoms with Gasteiger partial charge in [-0.15, -0.1) is 0 Å². The normalized spacial score (nSPS) is 12.7. The molecule has 23 heavy (non-hydrogen) atoms. The number of amides is 1. The summed E-state index contributed by atoms with van der Waals surface area (Å²) in [4.78, 5) is 16.4. The zero-order chi connectivity index (χ0) is 17.6. The number of benzene rings is 1. The number of nitrogens with zero attached hydrogens (tertiary/aromatic N) is 2. The van der Waals surface area contributed by atoms with E-state index < -0.39 is 17.2 Å². The molecule has 0 atom stereocenters. The van der Waals surface area contributed by atoms with Crippen LogP contribution in [-0.2, 0) is 10.3 Å². The molecule has 2 rings (SSSR count). The molecule has 0 unspecified atom stereocenters. The van der Waals surface area contributed by atoms with Crippen molar-refractivity contribution in [2.24, 2.45) is 5.41 Å². The van der Waals surface area contributed by atoms with E-state index in [1.165, 1.54) is 6.07 Å². The molecular formula is C17H23F2N3O. The fraction of sp³-hybridized carbons (Fsp3) is 0.529. The number of carbonyl (C=O) groups is 1. The SMILES string of the molecule is CC(C)(C)CC(=O)Nc1nc2cc(F)cc(F)c2n1C(C)(C)C. The average Bonchev–Trinajstić information content (AvgIpc) is 2.63. The molecule has 0 aliphatic rings. The first-order valence-electron chi connectivity index (χ1n) is 7.56. The number of nitrogens with one attached hydrogen (secondary N) is 1. The number of imidazole rings is 1. The van der Waals surface area contributed by atoms with Crippen LogP contribution in [-0.4, -0.2) is 15.5 Å². The lowest BCUT2D eigenvalue weighted by Crippen LogP contribution is -2.27. The van der Waals surface area contributed by atoms with E-state index in [4.69, 9.17) is 0 Å². The molecule has 0 radical (unpaired) electrons. The summed E-state index contributed by atoms with van der Waals surface area (Å²) in [6.45, 7) is 11.5. The fourth-order valence-electron chi connectivity index (χ4n) is 2.52. The van der Waals surface area contributed by atoms with Crippen molar-refractivity contribution in [1.29, 1.82) is 0 Å². The second-order valence-corrected chi connectivity index (χ2v) is 7.98. The molecule has 1 aromatic heterocycles. The number of halogens is 2. The quantitative estimate of drug-likeness (QED) is 0.888. The largest absolute Gasteiger partial charge is 0.302 e. The number of anilines is 1. The predicted molar refractivity (Wildman–Crippen MR) is 87.3 cm³/mol. The number of fused-ring (bicyclic) bond motifs is 1. The summed E-state index contributed by atoms with van der Waals surface area (Å²) in [5, 5.41) is 2.73. The standard InChI is InChI=1S/C17H23F2N3O/c1-16(2,3)9-13(23)21-15-20-12-8-10(18)7-11(19)14(12)22(15)17(4,5)6/h7-8H,9H2,1-6H3,(H,20,21,23). The second-order valence-electron chi connectivity index (χ2n) is 7.98. The molecule has 1 heterocycles. The van der Waals surface area contributed by atoms with Crippen molar-refractivity contribution in [1.82, 2.24) is 9.55 Å². The Labute approximate surface area is 134 Å². The summed E-state index contributed by atoms with van der Waals surface area (Å²) >= 11 is 0.